The molecule has 220 valence electrons. The SMILES string of the molecule is COc1cc(C)ccc1Oc1nc(Nc2ccc(N3CCOCC3)cc2)ncc1CCc1cccc(OC(F)(F)F)c1. The number of methoxy groups -OCH3 is 1. The molecule has 4 aromatic rings. The van der Waals surface area contributed by atoms with E-state index >= 15 is 0 Å². The first-order chi connectivity index (χ1) is 20.3. The minimum Gasteiger partial charge on any atom is -0.493 e. The summed E-state index contributed by atoms with van der Waals surface area (Å²) in [5.74, 6) is 1.40. The maximum Gasteiger partial charge on any atom is 0.573 e. The third kappa shape index (κ3) is 7.82. The fraction of sp³-hybridized carbons (Fsp3) is 0.290. The lowest BCUT2D eigenvalue weighted by atomic mass is 10.1. The highest BCUT2D eigenvalue weighted by atomic mass is 19.4. The van der Waals surface area contributed by atoms with Crippen LogP contribution in [0.5, 0.6) is 23.1 Å². The Bertz CT molecular complexity index is 1490. The predicted octanol–water partition coefficient (Wildman–Crippen LogP) is 6.85. The normalized spacial score (nSPS) is 13.5. The minimum absolute atomic E-state index is 0.267. The van der Waals surface area contributed by atoms with Gasteiger partial charge in [-0.05, 0) is 79.4 Å². The Morgan fingerprint density at radius 1 is 0.952 bits per heavy atom. The number of morpholine rings is 1. The molecule has 1 aliphatic rings. The molecule has 42 heavy (non-hydrogen) atoms. The first-order valence-electron chi connectivity index (χ1n) is 13.5. The number of aryl methyl sites for hydroxylation is 3. The molecule has 0 radical (unpaired) electrons. The zero-order valence-electron chi connectivity index (χ0n) is 23.3. The highest BCUT2D eigenvalue weighted by molar-refractivity contribution is 5.60. The highest BCUT2D eigenvalue weighted by Gasteiger charge is 2.31. The molecular weight excluding hydrogens is 549 g/mol. The molecule has 0 spiro atoms. The van der Waals surface area contributed by atoms with E-state index in [-0.39, 0.29) is 5.75 Å². The van der Waals surface area contributed by atoms with E-state index in [9.17, 15) is 13.2 Å². The van der Waals surface area contributed by atoms with Gasteiger partial charge in [0.2, 0.25) is 11.8 Å². The average molecular weight is 581 g/mol. The number of aromatic nitrogens is 2. The molecule has 0 bridgehead atoms. The number of hydrogen-bond acceptors (Lipinski definition) is 8. The summed E-state index contributed by atoms with van der Waals surface area (Å²) in [6, 6.07) is 19.5. The van der Waals surface area contributed by atoms with E-state index in [0.29, 0.717) is 60.5 Å². The van der Waals surface area contributed by atoms with Gasteiger partial charge in [-0.15, -0.1) is 13.2 Å². The van der Waals surface area contributed by atoms with Crippen LogP contribution in [0.1, 0.15) is 16.7 Å². The second-order valence-electron chi connectivity index (χ2n) is 9.75. The van der Waals surface area contributed by atoms with Gasteiger partial charge in [0.25, 0.3) is 0 Å². The fourth-order valence-corrected chi connectivity index (χ4v) is 4.56. The average Bonchev–Trinajstić information content (AvgIpc) is 2.98. The number of nitrogens with zero attached hydrogens (tertiary/aromatic N) is 3. The van der Waals surface area contributed by atoms with Crippen LogP contribution in [0.25, 0.3) is 0 Å². The topological polar surface area (TPSA) is 78.0 Å². The standard InChI is InChI=1S/C31H31F3N4O4/c1-21-6-13-27(28(18-21)39-2)41-29-23(8-7-22-4-3-5-26(19-22)42-31(32,33)34)20-35-30(37-29)36-24-9-11-25(12-10-24)38-14-16-40-17-15-38/h3-6,9-13,18-20H,7-8,14-17H2,1-2H3,(H,35,36,37). The first-order valence-corrected chi connectivity index (χ1v) is 13.5. The van der Waals surface area contributed by atoms with Gasteiger partial charge >= 0.3 is 6.36 Å². The van der Waals surface area contributed by atoms with Crippen molar-refractivity contribution in [3.63, 3.8) is 0 Å². The van der Waals surface area contributed by atoms with E-state index in [1.807, 2.05) is 43.3 Å². The van der Waals surface area contributed by atoms with Crippen LogP contribution in [0.15, 0.2) is 72.9 Å². The molecule has 1 fully saturated rings. The summed E-state index contributed by atoms with van der Waals surface area (Å²) in [6.45, 7) is 5.06. The van der Waals surface area contributed by atoms with Crippen molar-refractivity contribution in [3.05, 3.63) is 89.6 Å². The van der Waals surface area contributed by atoms with Crippen LogP contribution in [-0.4, -0.2) is 49.7 Å². The van der Waals surface area contributed by atoms with Crippen molar-refractivity contribution in [2.24, 2.45) is 0 Å². The molecule has 3 aromatic carbocycles. The third-order valence-corrected chi connectivity index (χ3v) is 6.67. The molecule has 2 heterocycles. The lowest BCUT2D eigenvalue weighted by Gasteiger charge is -2.28. The van der Waals surface area contributed by atoms with Crippen molar-refractivity contribution in [3.8, 4) is 23.1 Å². The van der Waals surface area contributed by atoms with E-state index in [2.05, 4.69) is 24.9 Å². The van der Waals surface area contributed by atoms with Crippen molar-refractivity contribution in [1.29, 1.82) is 0 Å². The Balaban J connectivity index is 1.37. The van der Waals surface area contributed by atoms with Gasteiger partial charge in [-0.25, -0.2) is 4.98 Å². The number of nitrogens with one attached hydrogen (secondary N) is 1. The Labute approximate surface area is 242 Å². The number of alkyl halides is 3. The van der Waals surface area contributed by atoms with Gasteiger partial charge in [0, 0.05) is 36.2 Å². The summed E-state index contributed by atoms with van der Waals surface area (Å²) in [5.41, 5.74) is 4.26. The summed E-state index contributed by atoms with van der Waals surface area (Å²) in [7, 11) is 1.56. The molecule has 0 aliphatic carbocycles. The number of anilines is 3. The third-order valence-electron chi connectivity index (χ3n) is 6.67. The zero-order chi connectivity index (χ0) is 29.5. The van der Waals surface area contributed by atoms with Crippen LogP contribution in [0.2, 0.25) is 0 Å². The van der Waals surface area contributed by atoms with Crippen molar-refractivity contribution >= 4 is 17.3 Å². The monoisotopic (exact) mass is 580 g/mol. The molecule has 1 saturated heterocycles. The van der Waals surface area contributed by atoms with Gasteiger partial charge < -0.3 is 29.2 Å². The maximum atomic E-state index is 12.7. The molecule has 11 heteroatoms. The Morgan fingerprint density at radius 2 is 1.74 bits per heavy atom. The van der Waals surface area contributed by atoms with E-state index in [0.717, 1.165) is 30.0 Å². The number of hydrogen-bond donors (Lipinski definition) is 1. The molecule has 8 nitrogen and oxygen atoms in total. The number of ether oxygens (including phenoxy) is 4. The second-order valence-corrected chi connectivity index (χ2v) is 9.75. The molecule has 0 atom stereocenters. The van der Waals surface area contributed by atoms with E-state index in [1.165, 1.54) is 18.2 Å². The minimum atomic E-state index is -4.76. The van der Waals surface area contributed by atoms with Gasteiger partial charge in [0.1, 0.15) is 5.75 Å². The maximum absolute atomic E-state index is 12.7. The fourth-order valence-electron chi connectivity index (χ4n) is 4.56. The number of rotatable bonds is 10. The smallest absolute Gasteiger partial charge is 0.493 e. The largest absolute Gasteiger partial charge is 0.573 e. The van der Waals surface area contributed by atoms with Crippen molar-refractivity contribution < 1.29 is 32.1 Å². The summed E-state index contributed by atoms with van der Waals surface area (Å²) in [4.78, 5) is 11.4. The summed E-state index contributed by atoms with van der Waals surface area (Å²) >= 11 is 0. The van der Waals surface area contributed by atoms with Crippen LogP contribution >= 0.6 is 0 Å². The quantitative estimate of drug-likeness (QED) is 0.218. The molecule has 0 unspecified atom stereocenters. The predicted molar refractivity (Wildman–Crippen MR) is 153 cm³/mol. The Kier molecular flexibility index (Phi) is 8.97. The second kappa shape index (κ2) is 13.0. The van der Waals surface area contributed by atoms with Crippen LogP contribution in [0, 0.1) is 6.92 Å². The zero-order valence-corrected chi connectivity index (χ0v) is 23.3. The van der Waals surface area contributed by atoms with Crippen LogP contribution < -0.4 is 24.4 Å². The Hall–Kier alpha value is -4.51. The van der Waals surface area contributed by atoms with Gasteiger partial charge in [-0.2, -0.15) is 4.98 Å². The summed E-state index contributed by atoms with van der Waals surface area (Å²) in [6.07, 6.45) is -2.28. The molecular formula is C31H31F3N4O4. The lowest BCUT2D eigenvalue weighted by molar-refractivity contribution is -0.274. The molecule has 1 aromatic heterocycles. The summed E-state index contributed by atoms with van der Waals surface area (Å²) in [5, 5.41) is 3.23. The number of halogens is 3. The molecule has 5 rings (SSSR count). The lowest BCUT2D eigenvalue weighted by Crippen LogP contribution is -2.36. The van der Waals surface area contributed by atoms with Gasteiger partial charge in [-0.1, -0.05) is 18.2 Å². The molecule has 0 saturated carbocycles. The summed E-state index contributed by atoms with van der Waals surface area (Å²) < 4.78 is 59.3. The van der Waals surface area contributed by atoms with E-state index < -0.39 is 6.36 Å². The molecule has 1 aliphatic heterocycles. The van der Waals surface area contributed by atoms with E-state index in [4.69, 9.17) is 14.2 Å². The van der Waals surface area contributed by atoms with Crippen LogP contribution in [0.4, 0.5) is 30.5 Å². The Morgan fingerprint density at radius 3 is 2.48 bits per heavy atom. The highest BCUT2D eigenvalue weighted by Crippen LogP contribution is 2.34. The van der Waals surface area contributed by atoms with Crippen molar-refractivity contribution in [1.82, 2.24) is 9.97 Å². The van der Waals surface area contributed by atoms with Crippen molar-refractivity contribution in [2.45, 2.75) is 26.1 Å². The van der Waals surface area contributed by atoms with Crippen molar-refractivity contribution in [2.75, 3.05) is 43.6 Å². The van der Waals surface area contributed by atoms with Gasteiger partial charge in [0.15, 0.2) is 11.5 Å². The molecule has 1 N–H and O–H groups in total. The molecule has 0 amide bonds. The van der Waals surface area contributed by atoms with E-state index in [1.54, 1.807) is 25.4 Å². The van der Waals surface area contributed by atoms with Crippen LogP contribution in [-0.2, 0) is 17.6 Å². The van der Waals surface area contributed by atoms with Gasteiger partial charge in [0.05, 0.1) is 20.3 Å². The first kappa shape index (κ1) is 29.0. The van der Waals surface area contributed by atoms with Gasteiger partial charge in [-0.3, -0.25) is 0 Å². The van der Waals surface area contributed by atoms with Crippen LogP contribution in [0.3, 0.4) is 0 Å². The number of benzene rings is 3.